The summed E-state index contributed by atoms with van der Waals surface area (Å²) in [6.07, 6.45) is 18.1. The highest BCUT2D eigenvalue weighted by molar-refractivity contribution is 5.68. The maximum atomic E-state index is 10.3. The molecule has 4 heteroatoms. The molecule has 0 aromatic heterocycles. The second kappa shape index (κ2) is 21.9. The number of carboxylic acid groups (broad SMARTS) is 1. The van der Waals surface area contributed by atoms with Gasteiger partial charge in [0.2, 0.25) is 0 Å². The lowest BCUT2D eigenvalue weighted by molar-refractivity contribution is -0.136. The molecule has 1 N–H and O–H groups in total. The monoisotopic (exact) mass is 350 g/mol. The van der Waals surface area contributed by atoms with E-state index in [1.54, 1.807) is 18.4 Å². The highest BCUT2D eigenvalue weighted by Crippen LogP contribution is 2.02. The number of carboxylic acids is 1. The average molecular weight is 350 g/mol. The van der Waals surface area contributed by atoms with Crippen molar-refractivity contribution in [2.45, 2.75) is 52.1 Å². The van der Waals surface area contributed by atoms with E-state index in [1.165, 1.54) is 0 Å². The molecule has 0 bridgehead atoms. The summed E-state index contributed by atoms with van der Waals surface area (Å²) in [6, 6.07) is 0. The van der Waals surface area contributed by atoms with Crippen LogP contribution in [0, 0.1) is 0 Å². The van der Waals surface area contributed by atoms with Crippen LogP contribution in [0.5, 0.6) is 0 Å². The van der Waals surface area contributed by atoms with E-state index in [-0.39, 0.29) is 12.5 Å². The van der Waals surface area contributed by atoms with Gasteiger partial charge in [0.1, 0.15) is 0 Å². The van der Waals surface area contributed by atoms with Gasteiger partial charge < -0.3 is 14.6 Å². The van der Waals surface area contributed by atoms with Crippen molar-refractivity contribution in [1.29, 1.82) is 0 Å². The molecule has 0 saturated heterocycles. The van der Waals surface area contributed by atoms with Gasteiger partial charge in [0, 0.05) is 0 Å². The summed E-state index contributed by atoms with van der Waals surface area (Å²) < 4.78 is 10.9. The Labute approximate surface area is 153 Å². The van der Waals surface area contributed by atoms with Gasteiger partial charge in [-0.1, -0.05) is 50.3 Å². The Balaban J connectivity index is 0. The quantitative estimate of drug-likeness (QED) is 0.242. The molecule has 0 aliphatic carbocycles. The van der Waals surface area contributed by atoms with Gasteiger partial charge in [-0.15, -0.1) is 13.2 Å². The molecular formula is C21H34O4. The van der Waals surface area contributed by atoms with E-state index < -0.39 is 5.97 Å². The number of rotatable bonds is 15. The first kappa shape index (κ1) is 25.2. The number of aliphatic carboxylic acids is 1. The average Bonchev–Trinajstić information content (AvgIpc) is 2.62. The topological polar surface area (TPSA) is 55.8 Å². The van der Waals surface area contributed by atoms with Crippen molar-refractivity contribution in [3.05, 3.63) is 62.0 Å². The Morgan fingerprint density at radius 2 is 1.72 bits per heavy atom. The van der Waals surface area contributed by atoms with Gasteiger partial charge in [0.05, 0.1) is 32.0 Å². The third kappa shape index (κ3) is 21.9. The summed E-state index contributed by atoms with van der Waals surface area (Å²) in [5, 5.41) is 8.47. The molecule has 0 radical (unpaired) electrons. The van der Waals surface area contributed by atoms with Gasteiger partial charge >= 0.3 is 5.97 Å². The highest BCUT2D eigenvalue weighted by atomic mass is 16.5. The van der Waals surface area contributed by atoms with Gasteiger partial charge in [-0.25, -0.2) is 0 Å². The largest absolute Gasteiger partial charge is 0.501 e. The first-order valence-electron chi connectivity index (χ1n) is 8.84. The van der Waals surface area contributed by atoms with Gasteiger partial charge in [-0.3, -0.25) is 4.79 Å². The summed E-state index contributed by atoms with van der Waals surface area (Å²) in [5.74, 6) is -0.805. The molecule has 0 amide bonds. The lowest BCUT2D eigenvalue weighted by Gasteiger charge is -2.09. The van der Waals surface area contributed by atoms with Crippen LogP contribution < -0.4 is 0 Å². The predicted molar refractivity (Wildman–Crippen MR) is 106 cm³/mol. The summed E-state index contributed by atoms with van der Waals surface area (Å²) >= 11 is 0. The molecule has 4 nitrogen and oxygen atoms in total. The molecule has 1 unspecified atom stereocenters. The Morgan fingerprint density at radius 3 is 2.32 bits per heavy atom. The molecule has 1 atom stereocenters. The molecule has 25 heavy (non-hydrogen) atoms. The molecule has 0 rings (SSSR count). The van der Waals surface area contributed by atoms with Crippen molar-refractivity contribution in [2.24, 2.45) is 0 Å². The summed E-state index contributed by atoms with van der Waals surface area (Å²) in [5.41, 5.74) is 0. The minimum absolute atomic E-state index is 0.0330. The van der Waals surface area contributed by atoms with Crippen molar-refractivity contribution < 1.29 is 19.4 Å². The van der Waals surface area contributed by atoms with E-state index in [2.05, 4.69) is 13.2 Å². The SMILES string of the molecule is C=CCCO/C=C/CC(C=C)OC/C=C/CC/C=C/CC(=O)O.CC. The van der Waals surface area contributed by atoms with E-state index >= 15 is 0 Å². The fourth-order valence-electron chi connectivity index (χ4n) is 1.57. The summed E-state index contributed by atoms with van der Waals surface area (Å²) in [4.78, 5) is 10.3. The molecule has 0 aromatic carbocycles. The summed E-state index contributed by atoms with van der Waals surface area (Å²) in [6.45, 7) is 12.6. The first-order valence-corrected chi connectivity index (χ1v) is 8.84. The van der Waals surface area contributed by atoms with Crippen molar-refractivity contribution in [3.8, 4) is 0 Å². The molecule has 0 saturated carbocycles. The van der Waals surface area contributed by atoms with E-state index in [9.17, 15) is 4.79 Å². The van der Waals surface area contributed by atoms with Crippen LogP contribution in [0.1, 0.15) is 46.0 Å². The van der Waals surface area contributed by atoms with E-state index in [0.717, 1.165) is 25.7 Å². The van der Waals surface area contributed by atoms with Crippen molar-refractivity contribution in [1.82, 2.24) is 0 Å². The van der Waals surface area contributed by atoms with E-state index in [0.29, 0.717) is 13.2 Å². The maximum absolute atomic E-state index is 10.3. The highest BCUT2D eigenvalue weighted by Gasteiger charge is 1.99. The van der Waals surface area contributed by atoms with Crippen molar-refractivity contribution in [3.63, 3.8) is 0 Å². The molecule has 0 fully saturated rings. The minimum Gasteiger partial charge on any atom is -0.501 e. The molecule has 142 valence electrons. The van der Waals surface area contributed by atoms with Gasteiger partial charge in [-0.05, 0) is 31.8 Å². The third-order valence-electron chi connectivity index (χ3n) is 2.80. The van der Waals surface area contributed by atoms with Crippen LogP contribution in [0.3, 0.4) is 0 Å². The van der Waals surface area contributed by atoms with Crippen LogP contribution in [0.25, 0.3) is 0 Å². The summed E-state index contributed by atoms with van der Waals surface area (Å²) in [7, 11) is 0. The van der Waals surface area contributed by atoms with Crippen molar-refractivity contribution in [2.75, 3.05) is 13.2 Å². The zero-order chi connectivity index (χ0) is 19.2. The number of carbonyl (C=O) groups is 1. The minimum atomic E-state index is -0.805. The Morgan fingerprint density at radius 1 is 1.04 bits per heavy atom. The number of hydrogen-bond acceptors (Lipinski definition) is 3. The fourth-order valence-corrected chi connectivity index (χ4v) is 1.57. The van der Waals surface area contributed by atoms with Gasteiger partial charge in [-0.2, -0.15) is 0 Å². The zero-order valence-corrected chi connectivity index (χ0v) is 15.7. The molecular weight excluding hydrogens is 316 g/mol. The van der Waals surface area contributed by atoms with Gasteiger partial charge in [0.15, 0.2) is 0 Å². The normalized spacial score (nSPS) is 12.1. The first-order chi connectivity index (χ1) is 12.2. The molecule has 0 aromatic rings. The Kier molecular flexibility index (Phi) is 22.1. The number of hydrogen-bond donors (Lipinski definition) is 1. The number of ether oxygens (including phenoxy) is 2. The smallest absolute Gasteiger partial charge is 0.307 e. The lowest BCUT2D eigenvalue weighted by atomic mass is 10.2. The number of unbranched alkanes of at least 4 members (excludes halogenated alkanes) is 1. The Bertz CT molecular complexity index is 408. The Hall–Kier alpha value is -2.07. The van der Waals surface area contributed by atoms with Crippen LogP contribution >= 0.6 is 0 Å². The van der Waals surface area contributed by atoms with Crippen LogP contribution in [0.2, 0.25) is 0 Å². The van der Waals surface area contributed by atoms with Crippen LogP contribution in [0.15, 0.2) is 62.0 Å². The van der Waals surface area contributed by atoms with E-state index in [1.807, 2.05) is 44.2 Å². The molecule has 0 aliphatic heterocycles. The van der Waals surface area contributed by atoms with Crippen LogP contribution in [0.4, 0.5) is 0 Å². The lowest BCUT2D eigenvalue weighted by Crippen LogP contribution is -2.08. The fraction of sp³-hybridized carbons (Fsp3) is 0.476. The second-order valence-electron chi connectivity index (χ2n) is 4.78. The van der Waals surface area contributed by atoms with Gasteiger partial charge in [0.25, 0.3) is 0 Å². The molecule has 0 aliphatic rings. The number of allylic oxidation sites excluding steroid dienone is 2. The van der Waals surface area contributed by atoms with E-state index in [4.69, 9.17) is 14.6 Å². The standard InChI is InChI=1S/C19H28O4.C2H6/c1-3-5-15-22-16-12-13-18(4-2)23-17-11-9-7-6-8-10-14-19(20)21;1-2/h3-4,8-12,16,18H,1-2,5-7,13-15,17H2,(H,20,21);1-2H3/b10-8+,11-9+,16-12+;. The van der Waals surface area contributed by atoms with Crippen LogP contribution in [-0.2, 0) is 14.3 Å². The predicted octanol–water partition coefficient (Wildman–Crippen LogP) is 5.45. The maximum Gasteiger partial charge on any atom is 0.307 e. The third-order valence-corrected chi connectivity index (χ3v) is 2.80. The molecule has 0 heterocycles. The second-order valence-corrected chi connectivity index (χ2v) is 4.78. The molecule has 0 spiro atoms. The van der Waals surface area contributed by atoms with Crippen molar-refractivity contribution >= 4 is 5.97 Å². The zero-order valence-electron chi connectivity index (χ0n) is 15.7. The van der Waals surface area contributed by atoms with Crippen LogP contribution in [-0.4, -0.2) is 30.4 Å².